The number of carbonyl (C=O) groups excluding carboxylic acids is 1. The van der Waals surface area contributed by atoms with E-state index in [-0.39, 0.29) is 18.6 Å². The summed E-state index contributed by atoms with van der Waals surface area (Å²) in [5.74, 6) is 0.933. The summed E-state index contributed by atoms with van der Waals surface area (Å²) in [7, 11) is 0. The van der Waals surface area contributed by atoms with Crippen LogP contribution < -0.4 is 10.1 Å². The Labute approximate surface area is 218 Å². The molecule has 0 radical (unpaired) electrons. The number of carbonyl (C=O) groups is 1. The van der Waals surface area contributed by atoms with Gasteiger partial charge in [0.25, 0.3) is 5.91 Å². The number of aliphatic hydroxyl groups is 1. The van der Waals surface area contributed by atoms with Crippen molar-refractivity contribution in [2.75, 3.05) is 26.2 Å². The highest BCUT2D eigenvalue weighted by Gasteiger charge is 2.18. The first-order valence-electron chi connectivity index (χ1n) is 13.5. The van der Waals surface area contributed by atoms with Crippen molar-refractivity contribution in [3.63, 3.8) is 0 Å². The van der Waals surface area contributed by atoms with Gasteiger partial charge in [0.05, 0.1) is 5.52 Å². The minimum atomic E-state index is -0.608. The Balaban J connectivity index is 1.06. The molecule has 0 spiro atoms. The Morgan fingerprint density at radius 2 is 1.76 bits per heavy atom. The van der Waals surface area contributed by atoms with Crippen LogP contribution in [-0.4, -0.2) is 59.3 Å². The highest BCUT2D eigenvalue weighted by atomic mass is 16.5. The number of aromatic amines is 1. The number of nitrogens with one attached hydrogen (secondary N) is 2. The molecule has 2 unspecified atom stereocenters. The number of fused-ring (bicyclic) bond motifs is 3. The third-order valence-corrected chi connectivity index (χ3v) is 7.34. The largest absolute Gasteiger partial charge is 0.490 e. The molecule has 0 aliphatic carbocycles. The fraction of sp³-hybridized carbons (Fsp3) is 0.387. The molecule has 1 aromatic heterocycles. The lowest BCUT2D eigenvalue weighted by molar-refractivity contribution is 0.0724. The van der Waals surface area contributed by atoms with Crippen LogP contribution in [0.5, 0.6) is 5.75 Å². The summed E-state index contributed by atoms with van der Waals surface area (Å²) < 4.78 is 6.04. The summed E-state index contributed by atoms with van der Waals surface area (Å²) in [6, 6.07) is 22.5. The van der Waals surface area contributed by atoms with Gasteiger partial charge in [-0.25, -0.2) is 0 Å². The van der Waals surface area contributed by atoms with Crippen molar-refractivity contribution in [1.82, 2.24) is 15.2 Å². The second-order valence-corrected chi connectivity index (χ2v) is 10.2. The molecule has 6 nitrogen and oxygen atoms in total. The molecule has 6 heteroatoms. The average molecular weight is 500 g/mol. The van der Waals surface area contributed by atoms with Crippen LogP contribution in [0.4, 0.5) is 0 Å². The van der Waals surface area contributed by atoms with Crippen molar-refractivity contribution in [2.24, 2.45) is 0 Å². The van der Waals surface area contributed by atoms with Gasteiger partial charge in [-0.2, -0.15) is 0 Å². The van der Waals surface area contributed by atoms with E-state index in [4.69, 9.17) is 4.74 Å². The summed E-state index contributed by atoms with van der Waals surface area (Å²) in [5.41, 5.74) is 4.11. The molecule has 37 heavy (non-hydrogen) atoms. The number of benzene rings is 3. The molecule has 5 rings (SSSR count). The predicted molar refractivity (Wildman–Crippen MR) is 149 cm³/mol. The number of hydrogen-bond acceptors (Lipinski definition) is 4. The number of H-pyrrole nitrogens is 1. The second kappa shape index (κ2) is 11.8. The first-order valence-corrected chi connectivity index (χ1v) is 13.5. The van der Waals surface area contributed by atoms with Gasteiger partial charge in [-0.3, -0.25) is 4.79 Å². The molecule has 1 aliphatic rings. The Morgan fingerprint density at radius 3 is 2.57 bits per heavy atom. The maximum Gasteiger partial charge on any atom is 0.253 e. The van der Waals surface area contributed by atoms with Gasteiger partial charge in [0.1, 0.15) is 18.5 Å². The number of para-hydroxylation sites is 1. The Kier molecular flexibility index (Phi) is 8.07. The number of aryl methyl sites for hydroxylation is 1. The molecule has 2 atom stereocenters. The van der Waals surface area contributed by atoms with Crippen molar-refractivity contribution in [3.8, 4) is 5.75 Å². The molecule has 0 bridgehead atoms. The first-order chi connectivity index (χ1) is 18.1. The van der Waals surface area contributed by atoms with Gasteiger partial charge in [0.2, 0.25) is 0 Å². The number of hydrogen-bond donors (Lipinski definition) is 3. The van der Waals surface area contributed by atoms with Crippen molar-refractivity contribution in [2.45, 2.75) is 51.2 Å². The van der Waals surface area contributed by atoms with Gasteiger partial charge in [-0.1, -0.05) is 36.4 Å². The van der Waals surface area contributed by atoms with Crippen LogP contribution in [0.2, 0.25) is 0 Å². The maximum absolute atomic E-state index is 12.7. The number of aliphatic hydroxyl groups excluding tert-OH is 1. The minimum Gasteiger partial charge on any atom is -0.490 e. The number of aromatic nitrogens is 1. The smallest absolute Gasteiger partial charge is 0.253 e. The number of ether oxygens (including phenoxy) is 1. The second-order valence-electron chi connectivity index (χ2n) is 10.2. The zero-order valence-electron chi connectivity index (χ0n) is 21.6. The van der Waals surface area contributed by atoms with E-state index in [1.807, 2.05) is 47.4 Å². The quantitative estimate of drug-likeness (QED) is 0.277. The van der Waals surface area contributed by atoms with E-state index in [2.05, 4.69) is 41.5 Å². The molecule has 4 aromatic rings. The fourth-order valence-corrected chi connectivity index (χ4v) is 5.15. The lowest BCUT2D eigenvalue weighted by Gasteiger charge is -2.26. The van der Waals surface area contributed by atoms with E-state index < -0.39 is 6.10 Å². The van der Waals surface area contributed by atoms with Crippen molar-refractivity contribution in [1.29, 1.82) is 0 Å². The average Bonchev–Trinajstić information content (AvgIpc) is 3.33. The van der Waals surface area contributed by atoms with Crippen LogP contribution in [0, 0.1) is 0 Å². The van der Waals surface area contributed by atoms with E-state index >= 15 is 0 Å². The Morgan fingerprint density at radius 1 is 1.00 bits per heavy atom. The topological polar surface area (TPSA) is 77.6 Å². The lowest BCUT2D eigenvalue weighted by atomic mass is 10.0. The molecular weight excluding hydrogens is 462 g/mol. The molecule has 1 saturated heterocycles. The first kappa shape index (κ1) is 25.3. The normalized spacial score (nSPS) is 15.7. The van der Waals surface area contributed by atoms with E-state index in [1.165, 1.54) is 12.0 Å². The maximum atomic E-state index is 12.7. The zero-order chi connectivity index (χ0) is 25.6. The predicted octanol–water partition coefficient (Wildman–Crippen LogP) is 5.30. The van der Waals surface area contributed by atoms with Crippen LogP contribution in [-0.2, 0) is 6.42 Å². The van der Waals surface area contributed by atoms with Gasteiger partial charge >= 0.3 is 0 Å². The summed E-state index contributed by atoms with van der Waals surface area (Å²) in [5, 5.41) is 16.1. The fourth-order valence-electron chi connectivity index (χ4n) is 5.15. The highest BCUT2D eigenvalue weighted by Crippen LogP contribution is 2.33. The summed E-state index contributed by atoms with van der Waals surface area (Å²) in [6.45, 7) is 4.58. The van der Waals surface area contributed by atoms with Crippen molar-refractivity contribution in [3.05, 3.63) is 77.9 Å². The Hall–Kier alpha value is -3.35. The van der Waals surface area contributed by atoms with Crippen LogP contribution >= 0.6 is 0 Å². The third-order valence-electron chi connectivity index (χ3n) is 7.34. The molecule has 1 aliphatic heterocycles. The molecule has 2 heterocycles. The van der Waals surface area contributed by atoms with Crippen molar-refractivity contribution >= 4 is 27.7 Å². The molecular formula is C31H37N3O3. The molecule has 1 fully saturated rings. The molecule has 0 saturated carbocycles. The lowest BCUT2D eigenvalue weighted by Crippen LogP contribution is -2.36. The summed E-state index contributed by atoms with van der Waals surface area (Å²) in [6.07, 6.45) is 4.69. The van der Waals surface area contributed by atoms with Gasteiger partial charge in [0.15, 0.2) is 0 Å². The SMILES string of the molecule is CC(CCc1ccc(C(=O)N2CCCCC2)cc1)NCC(O)COc1cccc2[nH]c3ccccc3c12. The number of nitrogens with zero attached hydrogens (tertiary/aromatic N) is 1. The van der Waals surface area contributed by atoms with Crippen LogP contribution in [0.1, 0.15) is 48.5 Å². The van der Waals surface area contributed by atoms with Gasteiger partial charge in [-0.05, 0) is 74.9 Å². The van der Waals surface area contributed by atoms with Crippen LogP contribution in [0.25, 0.3) is 21.8 Å². The molecule has 3 N–H and O–H groups in total. The van der Waals surface area contributed by atoms with Crippen molar-refractivity contribution < 1.29 is 14.6 Å². The zero-order valence-corrected chi connectivity index (χ0v) is 21.6. The van der Waals surface area contributed by atoms with Gasteiger partial charge in [-0.15, -0.1) is 0 Å². The van der Waals surface area contributed by atoms with Crippen LogP contribution in [0.15, 0.2) is 66.7 Å². The van der Waals surface area contributed by atoms with Gasteiger partial charge < -0.3 is 25.0 Å². The van der Waals surface area contributed by atoms with E-state index in [1.54, 1.807) is 0 Å². The minimum absolute atomic E-state index is 0.151. The summed E-state index contributed by atoms with van der Waals surface area (Å²) >= 11 is 0. The third kappa shape index (κ3) is 6.14. The summed E-state index contributed by atoms with van der Waals surface area (Å²) in [4.78, 5) is 18.1. The Bertz CT molecular complexity index is 1320. The number of likely N-dealkylation sites (tertiary alicyclic amines) is 1. The highest BCUT2D eigenvalue weighted by molar-refractivity contribution is 6.10. The van der Waals surface area contributed by atoms with E-state index in [9.17, 15) is 9.90 Å². The molecule has 1 amide bonds. The number of piperidine rings is 1. The van der Waals surface area contributed by atoms with Crippen LogP contribution in [0.3, 0.4) is 0 Å². The number of rotatable bonds is 10. The van der Waals surface area contributed by atoms with E-state index in [0.717, 1.165) is 71.9 Å². The molecule has 3 aromatic carbocycles. The van der Waals surface area contributed by atoms with E-state index in [0.29, 0.717) is 6.54 Å². The standard InChI is InChI=1S/C31H37N3O3/c1-22(12-13-23-14-16-24(17-15-23)31(36)34-18-5-2-6-19-34)32-20-25(35)21-37-29-11-7-10-28-30(29)26-8-3-4-9-27(26)33-28/h3-4,7-11,14-17,22,25,32-33,35H,2,5-6,12-13,18-21H2,1H3. The monoisotopic (exact) mass is 499 g/mol. The van der Waals surface area contributed by atoms with Gasteiger partial charge in [0, 0.05) is 47.5 Å². The number of amides is 1. The molecule has 194 valence electrons.